The van der Waals surface area contributed by atoms with Crippen LogP contribution < -0.4 is 10.1 Å². The summed E-state index contributed by atoms with van der Waals surface area (Å²) in [6.45, 7) is 5.27. The van der Waals surface area contributed by atoms with Gasteiger partial charge in [-0.3, -0.25) is 9.59 Å². The highest BCUT2D eigenvalue weighted by Gasteiger charge is 2.30. The number of ether oxygens (including phenoxy) is 1. The van der Waals surface area contributed by atoms with Crippen molar-refractivity contribution in [3.8, 4) is 5.88 Å². The first-order valence-corrected chi connectivity index (χ1v) is 8.85. The van der Waals surface area contributed by atoms with Crippen LogP contribution in [0, 0.1) is 5.92 Å². The lowest BCUT2D eigenvalue weighted by Crippen LogP contribution is -2.41. The zero-order chi connectivity index (χ0) is 18.0. The summed E-state index contributed by atoms with van der Waals surface area (Å²) in [6, 6.07) is 1.81. The molecule has 1 fully saturated rings. The van der Waals surface area contributed by atoms with Crippen LogP contribution >= 0.6 is 0 Å². The fourth-order valence-electron chi connectivity index (χ4n) is 3.57. The number of amides is 2. The number of nitrogens with one attached hydrogen (secondary N) is 1. The molecular formula is C18H26N4O3. The number of methoxy groups -OCH3 is 1. The molecule has 0 aromatic carbocycles. The molecule has 0 aliphatic carbocycles. The molecule has 25 heavy (non-hydrogen) atoms. The van der Waals surface area contributed by atoms with E-state index in [2.05, 4.69) is 15.2 Å². The SMILES string of the molecule is CCN1Cc2nc(OC)c(CNC(=O)[C@@H]3CCCN(C)C3)cc2C1=O. The third-order valence-corrected chi connectivity index (χ3v) is 5.02. The fourth-order valence-corrected chi connectivity index (χ4v) is 3.57. The number of carbonyl (C=O) groups excluding carboxylic acids is 2. The van der Waals surface area contributed by atoms with Crippen molar-refractivity contribution in [2.24, 2.45) is 5.92 Å². The van der Waals surface area contributed by atoms with Crippen LogP contribution in [0.2, 0.25) is 0 Å². The van der Waals surface area contributed by atoms with Gasteiger partial charge in [-0.25, -0.2) is 4.98 Å². The van der Waals surface area contributed by atoms with Crippen LogP contribution in [0.25, 0.3) is 0 Å². The number of likely N-dealkylation sites (tertiary alicyclic amines) is 1. The minimum Gasteiger partial charge on any atom is -0.481 e. The summed E-state index contributed by atoms with van der Waals surface area (Å²) >= 11 is 0. The average molecular weight is 346 g/mol. The highest BCUT2D eigenvalue weighted by atomic mass is 16.5. The predicted octanol–water partition coefficient (Wildman–Crippen LogP) is 1.02. The molecule has 1 N–H and O–H groups in total. The number of piperidine rings is 1. The van der Waals surface area contributed by atoms with Gasteiger partial charge in [-0.15, -0.1) is 0 Å². The maximum absolute atomic E-state index is 12.4. The summed E-state index contributed by atoms with van der Waals surface area (Å²) in [7, 11) is 3.60. The number of nitrogens with zero attached hydrogens (tertiary/aromatic N) is 3. The zero-order valence-corrected chi connectivity index (χ0v) is 15.2. The summed E-state index contributed by atoms with van der Waals surface area (Å²) < 4.78 is 5.37. The molecule has 7 heteroatoms. The number of pyridine rings is 1. The number of rotatable bonds is 5. The Bertz CT molecular complexity index is 677. The molecule has 0 bridgehead atoms. The molecule has 3 rings (SSSR count). The van der Waals surface area contributed by atoms with Crippen LogP contribution in [0.4, 0.5) is 0 Å². The molecular weight excluding hydrogens is 320 g/mol. The Morgan fingerprint density at radius 1 is 1.48 bits per heavy atom. The Labute approximate surface area is 148 Å². The van der Waals surface area contributed by atoms with Gasteiger partial charge in [-0.05, 0) is 39.4 Å². The molecule has 1 saturated heterocycles. The van der Waals surface area contributed by atoms with Crippen LogP contribution in [0.3, 0.4) is 0 Å². The fraction of sp³-hybridized carbons (Fsp3) is 0.611. The van der Waals surface area contributed by atoms with E-state index in [0.29, 0.717) is 31.1 Å². The maximum Gasteiger partial charge on any atom is 0.256 e. The van der Waals surface area contributed by atoms with Crippen molar-refractivity contribution < 1.29 is 14.3 Å². The van der Waals surface area contributed by atoms with E-state index < -0.39 is 0 Å². The van der Waals surface area contributed by atoms with Gasteiger partial charge in [0.2, 0.25) is 11.8 Å². The molecule has 2 aliphatic rings. The van der Waals surface area contributed by atoms with Crippen molar-refractivity contribution in [1.82, 2.24) is 20.1 Å². The second-order valence-corrected chi connectivity index (χ2v) is 6.79. The second-order valence-electron chi connectivity index (χ2n) is 6.79. The van der Waals surface area contributed by atoms with Crippen LogP contribution in [-0.4, -0.2) is 60.4 Å². The molecule has 3 heterocycles. The van der Waals surface area contributed by atoms with E-state index in [4.69, 9.17) is 4.74 Å². The van der Waals surface area contributed by atoms with Crippen molar-refractivity contribution in [1.29, 1.82) is 0 Å². The summed E-state index contributed by atoms with van der Waals surface area (Å²) in [5.74, 6) is 0.541. The first-order valence-electron chi connectivity index (χ1n) is 8.85. The van der Waals surface area contributed by atoms with Gasteiger partial charge in [0, 0.05) is 25.2 Å². The number of hydrogen-bond donors (Lipinski definition) is 1. The molecule has 0 radical (unpaired) electrons. The Kier molecular flexibility index (Phi) is 5.22. The lowest BCUT2D eigenvalue weighted by atomic mass is 9.97. The van der Waals surface area contributed by atoms with Gasteiger partial charge in [0.1, 0.15) is 0 Å². The molecule has 1 atom stereocenters. The van der Waals surface area contributed by atoms with Gasteiger partial charge in [0.25, 0.3) is 5.91 Å². The van der Waals surface area contributed by atoms with Crippen molar-refractivity contribution in [2.75, 3.05) is 33.8 Å². The van der Waals surface area contributed by atoms with Crippen molar-refractivity contribution in [2.45, 2.75) is 32.9 Å². The smallest absolute Gasteiger partial charge is 0.256 e. The Hall–Kier alpha value is -2.15. The largest absolute Gasteiger partial charge is 0.481 e. The highest BCUT2D eigenvalue weighted by molar-refractivity contribution is 5.98. The van der Waals surface area contributed by atoms with E-state index >= 15 is 0 Å². The topological polar surface area (TPSA) is 74.8 Å². The quantitative estimate of drug-likeness (QED) is 0.862. The highest BCUT2D eigenvalue weighted by Crippen LogP contribution is 2.27. The predicted molar refractivity (Wildman–Crippen MR) is 93.3 cm³/mol. The minimum absolute atomic E-state index is 0.00543. The molecule has 7 nitrogen and oxygen atoms in total. The summed E-state index contributed by atoms with van der Waals surface area (Å²) in [6.07, 6.45) is 1.96. The van der Waals surface area contributed by atoms with Crippen molar-refractivity contribution in [3.05, 3.63) is 22.9 Å². The van der Waals surface area contributed by atoms with E-state index in [-0.39, 0.29) is 17.7 Å². The van der Waals surface area contributed by atoms with Crippen LogP contribution in [0.15, 0.2) is 6.07 Å². The molecule has 2 amide bonds. The van der Waals surface area contributed by atoms with Gasteiger partial charge in [0.15, 0.2) is 0 Å². The molecule has 1 aromatic rings. The first-order chi connectivity index (χ1) is 12.0. The third-order valence-electron chi connectivity index (χ3n) is 5.02. The van der Waals surface area contributed by atoms with E-state index in [1.165, 1.54) is 0 Å². The van der Waals surface area contributed by atoms with Gasteiger partial charge in [0.05, 0.1) is 30.8 Å². The monoisotopic (exact) mass is 346 g/mol. The number of fused-ring (bicyclic) bond motifs is 1. The zero-order valence-electron chi connectivity index (χ0n) is 15.2. The number of hydrogen-bond acceptors (Lipinski definition) is 5. The lowest BCUT2D eigenvalue weighted by molar-refractivity contribution is -0.126. The molecule has 1 aromatic heterocycles. The summed E-state index contributed by atoms with van der Waals surface area (Å²) in [4.78, 5) is 33.2. The van der Waals surface area contributed by atoms with E-state index in [9.17, 15) is 9.59 Å². The number of aromatic nitrogens is 1. The normalized spacial score (nSPS) is 20.5. The standard InChI is InChI=1S/C18H26N4O3/c1-4-22-11-15-14(18(22)24)8-13(17(20-15)25-3)9-19-16(23)12-6-5-7-21(2)10-12/h8,12H,4-7,9-11H2,1-3H3,(H,19,23)/t12-/m1/s1. The summed E-state index contributed by atoms with van der Waals surface area (Å²) in [5, 5.41) is 2.98. The van der Waals surface area contributed by atoms with E-state index in [1.807, 2.05) is 20.0 Å². The number of carbonyl (C=O) groups is 2. The molecule has 0 spiro atoms. The van der Waals surface area contributed by atoms with Crippen molar-refractivity contribution >= 4 is 11.8 Å². The summed E-state index contributed by atoms with van der Waals surface area (Å²) in [5.41, 5.74) is 2.10. The van der Waals surface area contributed by atoms with E-state index in [0.717, 1.165) is 37.2 Å². The molecule has 0 unspecified atom stereocenters. The van der Waals surface area contributed by atoms with Crippen LogP contribution in [-0.2, 0) is 17.9 Å². The Balaban J connectivity index is 1.71. The Morgan fingerprint density at radius 2 is 2.28 bits per heavy atom. The van der Waals surface area contributed by atoms with Gasteiger partial charge in [-0.2, -0.15) is 0 Å². The van der Waals surface area contributed by atoms with Crippen LogP contribution in [0.5, 0.6) is 5.88 Å². The minimum atomic E-state index is -0.00543. The maximum atomic E-state index is 12.4. The van der Waals surface area contributed by atoms with Crippen molar-refractivity contribution in [3.63, 3.8) is 0 Å². The average Bonchev–Trinajstić information content (AvgIpc) is 2.94. The third kappa shape index (κ3) is 3.61. The molecule has 136 valence electrons. The molecule has 2 aliphatic heterocycles. The van der Waals surface area contributed by atoms with Gasteiger partial charge < -0.3 is 19.9 Å². The second kappa shape index (κ2) is 7.39. The first kappa shape index (κ1) is 17.7. The lowest BCUT2D eigenvalue weighted by Gasteiger charge is -2.28. The van der Waals surface area contributed by atoms with Gasteiger partial charge in [-0.1, -0.05) is 0 Å². The Morgan fingerprint density at radius 3 is 2.96 bits per heavy atom. The molecule has 0 saturated carbocycles. The van der Waals surface area contributed by atoms with E-state index in [1.54, 1.807) is 12.0 Å². The van der Waals surface area contributed by atoms with Gasteiger partial charge >= 0.3 is 0 Å². The van der Waals surface area contributed by atoms with Crippen LogP contribution in [0.1, 0.15) is 41.4 Å².